The topological polar surface area (TPSA) is 48.4 Å². The Balaban J connectivity index is 1.29. The Morgan fingerprint density at radius 1 is 0.921 bits per heavy atom. The normalized spacial score (nSPS) is 18.4. The number of nitrogens with zero attached hydrogens (tertiary/aromatic N) is 4. The molecular formula is C32H38N4O2. The Hall–Kier alpha value is -3.48. The van der Waals surface area contributed by atoms with Crippen LogP contribution in [0.2, 0.25) is 0 Å². The summed E-state index contributed by atoms with van der Waals surface area (Å²) in [4.78, 5) is 18.4. The van der Waals surface area contributed by atoms with Crippen molar-refractivity contribution in [3.05, 3.63) is 101 Å². The van der Waals surface area contributed by atoms with E-state index >= 15 is 0 Å². The summed E-state index contributed by atoms with van der Waals surface area (Å²) in [6.07, 6.45) is 0.703. The molecule has 0 saturated carbocycles. The molecule has 6 heteroatoms. The maximum atomic E-state index is 13.7. The number of carbonyl (C=O) groups excluding carboxylic acids is 1. The molecule has 1 amide bonds. The van der Waals surface area contributed by atoms with Gasteiger partial charge in [0.1, 0.15) is 5.75 Å². The minimum Gasteiger partial charge on any atom is -0.494 e. The van der Waals surface area contributed by atoms with Gasteiger partial charge in [0.15, 0.2) is 0 Å². The maximum absolute atomic E-state index is 13.7. The van der Waals surface area contributed by atoms with E-state index in [1.54, 1.807) is 5.01 Å². The predicted molar refractivity (Wildman–Crippen MR) is 152 cm³/mol. The van der Waals surface area contributed by atoms with Crippen molar-refractivity contribution in [2.75, 3.05) is 39.3 Å². The van der Waals surface area contributed by atoms with Crippen LogP contribution in [-0.2, 0) is 11.3 Å². The highest BCUT2D eigenvalue weighted by Crippen LogP contribution is 2.34. The summed E-state index contributed by atoms with van der Waals surface area (Å²) in [6, 6.07) is 25.0. The lowest BCUT2D eigenvalue weighted by Crippen LogP contribution is -2.49. The van der Waals surface area contributed by atoms with Crippen LogP contribution in [0.4, 0.5) is 0 Å². The van der Waals surface area contributed by atoms with Gasteiger partial charge in [-0.05, 0) is 49.6 Å². The number of ether oxygens (including phenoxy) is 1. The lowest BCUT2D eigenvalue weighted by Gasteiger charge is -2.35. The van der Waals surface area contributed by atoms with Crippen LogP contribution < -0.4 is 4.74 Å². The first-order valence-corrected chi connectivity index (χ1v) is 13.7. The Kier molecular flexibility index (Phi) is 8.20. The van der Waals surface area contributed by atoms with Crippen LogP contribution in [0.25, 0.3) is 0 Å². The van der Waals surface area contributed by atoms with Gasteiger partial charge in [-0.2, -0.15) is 5.10 Å². The highest BCUT2D eigenvalue weighted by Gasteiger charge is 2.34. The van der Waals surface area contributed by atoms with E-state index in [2.05, 4.69) is 84.3 Å². The van der Waals surface area contributed by atoms with Crippen LogP contribution in [-0.4, -0.2) is 65.8 Å². The van der Waals surface area contributed by atoms with Crippen LogP contribution in [0.15, 0.2) is 77.9 Å². The first-order chi connectivity index (χ1) is 18.5. The minimum absolute atomic E-state index is 0.0557. The van der Waals surface area contributed by atoms with Gasteiger partial charge in [-0.3, -0.25) is 14.6 Å². The van der Waals surface area contributed by atoms with Gasteiger partial charge in [-0.1, -0.05) is 66.2 Å². The number of hydrazone groups is 1. The van der Waals surface area contributed by atoms with Gasteiger partial charge in [0.25, 0.3) is 5.91 Å². The zero-order valence-electron chi connectivity index (χ0n) is 22.8. The van der Waals surface area contributed by atoms with E-state index in [0.29, 0.717) is 19.6 Å². The molecule has 5 rings (SSSR count). The fraction of sp³-hybridized carbons (Fsp3) is 0.375. The maximum Gasteiger partial charge on any atom is 0.257 e. The van der Waals surface area contributed by atoms with Gasteiger partial charge in [-0.15, -0.1) is 0 Å². The molecule has 2 heterocycles. The lowest BCUT2D eigenvalue weighted by atomic mass is 9.95. The van der Waals surface area contributed by atoms with Crippen LogP contribution in [0, 0.1) is 13.8 Å². The molecule has 1 fully saturated rings. The SMILES string of the molecule is CCOc1ccc([C@H]2CC(c3ccc(C)cc3C)=NN2C(=O)CN2CCN(Cc3ccccc3)CC2)cc1. The van der Waals surface area contributed by atoms with Crippen LogP contribution in [0.1, 0.15) is 47.2 Å². The van der Waals surface area contributed by atoms with E-state index < -0.39 is 0 Å². The standard InChI is InChI=1S/C32H38N4O2/c1-4-38-28-13-11-27(12-14-28)31-21-30(29-15-10-24(2)20-25(29)3)33-36(31)32(37)23-35-18-16-34(17-19-35)22-26-8-6-5-7-9-26/h5-15,20,31H,4,16-19,21-23H2,1-3H3/t31-/m1/s1. The van der Waals surface area contributed by atoms with E-state index in [9.17, 15) is 4.79 Å². The van der Waals surface area contributed by atoms with Crippen LogP contribution >= 0.6 is 0 Å². The molecule has 38 heavy (non-hydrogen) atoms. The third kappa shape index (κ3) is 6.14. The quantitative estimate of drug-likeness (QED) is 0.418. The zero-order valence-corrected chi connectivity index (χ0v) is 22.8. The number of piperazine rings is 1. The van der Waals surface area contributed by atoms with Gasteiger partial charge in [-0.25, -0.2) is 5.01 Å². The lowest BCUT2D eigenvalue weighted by molar-refractivity contribution is -0.134. The van der Waals surface area contributed by atoms with Crippen LogP contribution in [0.5, 0.6) is 5.75 Å². The smallest absolute Gasteiger partial charge is 0.257 e. The van der Waals surface area contributed by atoms with E-state index in [1.807, 2.05) is 19.1 Å². The molecule has 0 radical (unpaired) electrons. The number of carbonyl (C=O) groups is 1. The predicted octanol–water partition coefficient (Wildman–Crippen LogP) is 5.20. The monoisotopic (exact) mass is 510 g/mol. The van der Waals surface area contributed by atoms with E-state index in [1.165, 1.54) is 16.7 Å². The molecule has 2 aliphatic rings. The summed E-state index contributed by atoms with van der Waals surface area (Å²) in [5, 5.41) is 6.67. The van der Waals surface area contributed by atoms with Crippen molar-refractivity contribution in [3.63, 3.8) is 0 Å². The fourth-order valence-corrected chi connectivity index (χ4v) is 5.46. The average molecular weight is 511 g/mol. The first-order valence-electron chi connectivity index (χ1n) is 13.7. The molecule has 0 spiro atoms. The first kappa shape index (κ1) is 26.1. The third-order valence-electron chi connectivity index (χ3n) is 7.51. The second-order valence-electron chi connectivity index (χ2n) is 10.4. The second-order valence-corrected chi connectivity index (χ2v) is 10.4. The van der Waals surface area contributed by atoms with E-state index in [0.717, 1.165) is 55.3 Å². The molecular weight excluding hydrogens is 472 g/mol. The van der Waals surface area contributed by atoms with Crippen molar-refractivity contribution in [1.82, 2.24) is 14.8 Å². The molecule has 198 valence electrons. The Morgan fingerprint density at radius 2 is 1.63 bits per heavy atom. The summed E-state index contributed by atoms with van der Waals surface area (Å²) in [7, 11) is 0. The molecule has 6 nitrogen and oxygen atoms in total. The van der Waals surface area contributed by atoms with Crippen LogP contribution in [0.3, 0.4) is 0 Å². The molecule has 3 aromatic rings. The molecule has 0 aromatic heterocycles. The van der Waals surface area contributed by atoms with Gasteiger partial charge in [0, 0.05) is 44.7 Å². The zero-order chi connectivity index (χ0) is 26.5. The summed E-state index contributed by atoms with van der Waals surface area (Å²) < 4.78 is 5.64. The third-order valence-corrected chi connectivity index (χ3v) is 7.51. The summed E-state index contributed by atoms with van der Waals surface area (Å²) in [5.41, 5.74) is 6.93. The fourth-order valence-electron chi connectivity index (χ4n) is 5.46. The van der Waals surface area contributed by atoms with E-state index in [4.69, 9.17) is 9.84 Å². The molecule has 1 saturated heterocycles. The molecule has 0 unspecified atom stereocenters. The Morgan fingerprint density at radius 3 is 2.32 bits per heavy atom. The largest absolute Gasteiger partial charge is 0.494 e. The highest BCUT2D eigenvalue weighted by molar-refractivity contribution is 6.04. The molecule has 0 N–H and O–H groups in total. The number of benzene rings is 3. The number of amides is 1. The van der Waals surface area contributed by atoms with Crippen molar-refractivity contribution in [3.8, 4) is 5.75 Å². The number of hydrogen-bond acceptors (Lipinski definition) is 5. The van der Waals surface area contributed by atoms with Gasteiger partial charge in [0.2, 0.25) is 0 Å². The minimum atomic E-state index is -0.117. The second kappa shape index (κ2) is 11.9. The number of rotatable bonds is 8. The highest BCUT2D eigenvalue weighted by atomic mass is 16.5. The van der Waals surface area contributed by atoms with E-state index in [-0.39, 0.29) is 11.9 Å². The summed E-state index contributed by atoms with van der Waals surface area (Å²) in [5.74, 6) is 0.899. The molecule has 1 atom stereocenters. The van der Waals surface area contributed by atoms with Gasteiger partial charge >= 0.3 is 0 Å². The Labute approximate surface area is 226 Å². The van der Waals surface area contributed by atoms with Crippen molar-refractivity contribution < 1.29 is 9.53 Å². The summed E-state index contributed by atoms with van der Waals surface area (Å²) in [6.45, 7) is 11.9. The molecule has 2 aliphatic heterocycles. The summed E-state index contributed by atoms with van der Waals surface area (Å²) >= 11 is 0. The average Bonchev–Trinajstić information content (AvgIpc) is 3.36. The van der Waals surface area contributed by atoms with Crippen molar-refractivity contribution in [2.45, 2.75) is 39.8 Å². The van der Waals surface area contributed by atoms with Crippen molar-refractivity contribution in [2.24, 2.45) is 5.10 Å². The van der Waals surface area contributed by atoms with Crippen molar-refractivity contribution >= 4 is 11.6 Å². The number of hydrogen-bond donors (Lipinski definition) is 0. The van der Waals surface area contributed by atoms with Gasteiger partial charge < -0.3 is 4.74 Å². The molecule has 0 bridgehead atoms. The molecule has 3 aromatic carbocycles. The van der Waals surface area contributed by atoms with Crippen molar-refractivity contribution in [1.29, 1.82) is 0 Å². The Bertz CT molecular complexity index is 1260. The number of aryl methyl sites for hydroxylation is 2. The van der Waals surface area contributed by atoms with Gasteiger partial charge in [0.05, 0.1) is 24.9 Å². The molecule has 0 aliphatic carbocycles.